The Morgan fingerprint density at radius 1 is 0.967 bits per heavy atom. The first-order valence-electron chi connectivity index (χ1n) is 10.5. The topological polar surface area (TPSA) is 90.0 Å². The van der Waals surface area contributed by atoms with E-state index in [-0.39, 0.29) is 24.3 Å². The van der Waals surface area contributed by atoms with Gasteiger partial charge in [0.15, 0.2) is 0 Å². The summed E-state index contributed by atoms with van der Waals surface area (Å²) in [6.45, 7) is 8.60. The summed E-state index contributed by atoms with van der Waals surface area (Å²) >= 11 is 0. The van der Waals surface area contributed by atoms with Crippen molar-refractivity contribution in [2.75, 3.05) is 18.0 Å². The van der Waals surface area contributed by atoms with Gasteiger partial charge in [-0.15, -0.1) is 0 Å². The minimum absolute atomic E-state index is 0.121. The van der Waals surface area contributed by atoms with Crippen molar-refractivity contribution in [3.63, 3.8) is 0 Å². The minimum atomic E-state index is -0.929. The van der Waals surface area contributed by atoms with E-state index in [0.717, 1.165) is 30.1 Å². The van der Waals surface area contributed by atoms with E-state index in [1.54, 1.807) is 12.1 Å². The third-order valence-electron chi connectivity index (χ3n) is 6.86. The lowest BCUT2D eigenvalue weighted by atomic mass is 10.0. The molecule has 4 heterocycles. The molecule has 1 aromatic carbocycles. The highest BCUT2D eigenvalue weighted by molar-refractivity contribution is 6.23. The number of carbonyl (C=O) groups is 4. The zero-order valence-electron chi connectivity index (χ0n) is 17.5. The first-order valence-corrected chi connectivity index (χ1v) is 10.5. The van der Waals surface area contributed by atoms with E-state index in [1.807, 2.05) is 6.07 Å². The van der Waals surface area contributed by atoms with Crippen molar-refractivity contribution in [3.05, 3.63) is 29.3 Å². The lowest BCUT2D eigenvalue weighted by Gasteiger charge is -2.42. The van der Waals surface area contributed by atoms with E-state index >= 15 is 0 Å². The Hall–Kier alpha value is -2.74. The van der Waals surface area contributed by atoms with E-state index in [1.165, 1.54) is 0 Å². The van der Waals surface area contributed by atoms with Crippen molar-refractivity contribution in [1.82, 2.24) is 15.1 Å². The molecule has 4 amide bonds. The molecule has 3 saturated heterocycles. The Balaban J connectivity index is 1.39. The van der Waals surface area contributed by atoms with Gasteiger partial charge in [0.2, 0.25) is 11.8 Å². The molecule has 0 aromatic heterocycles. The van der Waals surface area contributed by atoms with Crippen LogP contribution < -0.4 is 10.2 Å². The Kier molecular flexibility index (Phi) is 4.09. The second-order valence-corrected chi connectivity index (χ2v) is 9.70. The van der Waals surface area contributed by atoms with Gasteiger partial charge in [0.1, 0.15) is 6.04 Å². The first kappa shape index (κ1) is 19.2. The fourth-order valence-corrected chi connectivity index (χ4v) is 5.44. The number of amides is 4. The standard InChI is InChI=1S/C22H26N4O4/c1-22(2,3)25-11-13-8-14(25)10-24(13)12-4-5-15-16(9-12)21(30)26(20(15)29)17-6-7-18(27)23-19(17)28/h4-5,9,13-14,17H,6-8,10-11H2,1-3H3,(H,23,27,28)/t13-,14-,17?/m0/s1. The van der Waals surface area contributed by atoms with E-state index < -0.39 is 23.8 Å². The van der Waals surface area contributed by atoms with Crippen LogP contribution in [0, 0.1) is 0 Å². The van der Waals surface area contributed by atoms with Crippen LogP contribution in [0.3, 0.4) is 0 Å². The molecule has 8 heteroatoms. The van der Waals surface area contributed by atoms with E-state index in [0.29, 0.717) is 23.2 Å². The number of piperidine rings is 1. The van der Waals surface area contributed by atoms with Crippen molar-refractivity contribution >= 4 is 29.3 Å². The van der Waals surface area contributed by atoms with Crippen LogP contribution in [-0.2, 0) is 9.59 Å². The quantitative estimate of drug-likeness (QED) is 0.736. The predicted molar refractivity (Wildman–Crippen MR) is 109 cm³/mol. The summed E-state index contributed by atoms with van der Waals surface area (Å²) in [5.41, 5.74) is 1.75. The first-order chi connectivity index (χ1) is 14.1. The number of hydrogen-bond donors (Lipinski definition) is 1. The average molecular weight is 410 g/mol. The number of nitrogens with one attached hydrogen (secondary N) is 1. The van der Waals surface area contributed by atoms with Crippen LogP contribution in [-0.4, -0.2) is 70.2 Å². The Labute approximate surface area is 175 Å². The van der Waals surface area contributed by atoms with Gasteiger partial charge in [0, 0.05) is 42.8 Å². The number of rotatable bonds is 2. The Morgan fingerprint density at radius 3 is 2.33 bits per heavy atom. The van der Waals surface area contributed by atoms with Gasteiger partial charge in [0.05, 0.1) is 11.1 Å². The van der Waals surface area contributed by atoms with Gasteiger partial charge < -0.3 is 4.90 Å². The SMILES string of the molecule is CC(C)(C)N1C[C@@H]2C[C@H]1CN2c1ccc2c(c1)C(=O)N(C1CCC(=O)NC1=O)C2=O. The monoisotopic (exact) mass is 410 g/mol. The Bertz CT molecular complexity index is 982. The van der Waals surface area contributed by atoms with Gasteiger partial charge in [-0.3, -0.25) is 34.3 Å². The van der Waals surface area contributed by atoms with Crippen molar-refractivity contribution in [2.45, 2.75) is 63.7 Å². The smallest absolute Gasteiger partial charge is 0.262 e. The number of fused-ring (bicyclic) bond motifs is 3. The molecule has 0 spiro atoms. The van der Waals surface area contributed by atoms with E-state index in [2.05, 4.69) is 35.9 Å². The molecule has 3 atom stereocenters. The third-order valence-corrected chi connectivity index (χ3v) is 6.86. The summed E-state index contributed by atoms with van der Waals surface area (Å²) in [7, 11) is 0. The molecule has 1 aromatic rings. The van der Waals surface area contributed by atoms with Gasteiger partial charge in [-0.1, -0.05) is 0 Å². The summed E-state index contributed by atoms with van der Waals surface area (Å²) in [5.74, 6) is -1.87. The van der Waals surface area contributed by atoms with Crippen LogP contribution in [0.25, 0.3) is 0 Å². The molecule has 2 bridgehead atoms. The molecule has 1 N–H and O–H groups in total. The lowest BCUT2D eigenvalue weighted by Crippen LogP contribution is -2.54. The number of likely N-dealkylation sites (tertiary alicyclic amines) is 1. The largest absolute Gasteiger partial charge is 0.366 e. The summed E-state index contributed by atoms with van der Waals surface area (Å²) < 4.78 is 0. The molecule has 8 nitrogen and oxygen atoms in total. The second kappa shape index (κ2) is 6.38. The number of nitrogens with zero attached hydrogens (tertiary/aromatic N) is 3. The fraction of sp³-hybridized carbons (Fsp3) is 0.545. The van der Waals surface area contributed by atoms with Crippen LogP contribution in [0.5, 0.6) is 0 Å². The van der Waals surface area contributed by atoms with E-state index in [4.69, 9.17) is 0 Å². The number of anilines is 1. The molecule has 158 valence electrons. The highest BCUT2D eigenvalue weighted by Gasteiger charge is 2.48. The maximum atomic E-state index is 13.1. The van der Waals surface area contributed by atoms with Crippen LogP contribution in [0.4, 0.5) is 5.69 Å². The summed E-state index contributed by atoms with van der Waals surface area (Å²) in [6.07, 6.45) is 1.39. The second-order valence-electron chi connectivity index (χ2n) is 9.70. The number of imide groups is 2. The molecule has 0 radical (unpaired) electrons. The summed E-state index contributed by atoms with van der Waals surface area (Å²) in [5, 5.41) is 2.23. The highest BCUT2D eigenvalue weighted by atomic mass is 16.2. The van der Waals surface area contributed by atoms with Crippen LogP contribution >= 0.6 is 0 Å². The highest BCUT2D eigenvalue weighted by Crippen LogP contribution is 2.39. The fourth-order valence-electron chi connectivity index (χ4n) is 5.44. The van der Waals surface area contributed by atoms with Gasteiger partial charge in [-0.05, 0) is 51.8 Å². The third kappa shape index (κ3) is 2.77. The number of carbonyl (C=O) groups excluding carboxylic acids is 4. The van der Waals surface area contributed by atoms with E-state index in [9.17, 15) is 19.2 Å². The number of piperazine rings is 1. The van der Waals surface area contributed by atoms with Crippen LogP contribution in [0.1, 0.15) is 60.7 Å². The summed E-state index contributed by atoms with van der Waals surface area (Å²) in [6, 6.07) is 5.35. The maximum Gasteiger partial charge on any atom is 0.262 e. The van der Waals surface area contributed by atoms with Crippen molar-refractivity contribution in [3.8, 4) is 0 Å². The molecule has 5 rings (SSSR count). The van der Waals surface area contributed by atoms with Crippen molar-refractivity contribution in [2.24, 2.45) is 0 Å². The molecular weight excluding hydrogens is 384 g/mol. The van der Waals surface area contributed by atoms with Gasteiger partial charge in [-0.2, -0.15) is 0 Å². The number of benzene rings is 1. The molecule has 3 fully saturated rings. The zero-order chi connectivity index (χ0) is 21.4. The van der Waals surface area contributed by atoms with Crippen LogP contribution in [0.15, 0.2) is 18.2 Å². The van der Waals surface area contributed by atoms with Gasteiger partial charge >= 0.3 is 0 Å². The summed E-state index contributed by atoms with van der Waals surface area (Å²) in [4.78, 5) is 55.5. The minimum Gasteiger partial charge on any atom is -0.366 e. The molecule has 0 aliphatic carbocycles. The van der Waals surface area contributed by atoms with Crippen LogP contribution in [0.2, 0.25) is 0 Å². The molecule has 0 saturated carbocycles. The predicted octanol–water partition coefficient (Wildman–Crippen LogP) is 1.15. The molecule has 4 aliphatic heterocycles. The maximum absolute atomic E-state index is 13.1. The molecular formula is C22H26N4O4. The van der Waals surface area contributed by atoms with Crippen molar-refractivity contribution < 1.29 is 19.2 Å². The zero-order valence-corrected chi connectivity index (χ0v) is 17.5. The average Bonchev–Trinajstić information content (AvgIpc) is 3.35. The lowest BCUT2D eigenvalue weighted by molar-refractivity contribution is -0.136. The molecule has 1 unspecified atom stereocenters. The molecule has 4 aliphatic rings. The van der Waals surface area contributed by atoms with Gasteiger partial charge in [-0.25, -0.2) is 0 Å². The normalized spacial score (nSPS) is 29.1. The van der Waals surface area contributed by atoms with Crippen molar-refractivity contribution in [1.29, 1.82) is 0 Å². The van der Waals surface area contributed by atoms with Gasteiger partial charge in [0.25, 0.3) is 11.8 Å². The number of hydrogen-bond acceptors (Lipinski definition) is 6. The Morgan fingerprint density at radius 2 is 1.70 bits per heavy atom. The molecule has 30 heavy (non-hydrogen) atoms.